The number of nitrogens with zero attached hydrogens (tertiary/aromatic N) is 6. The summed E-state index contributed by atoms with van der Waals surface area (Å²) >= 11 is 0. The number of carbonyl (C=O) groups is 3. The number of hydrogen-bond donors (Lipinski definition) is 10. The number of carboxylic acids is 1. The van der Waals surface area contributed by atoms with Gasteiger partial charge in [-0.2, -0.15) is 30.7 Å². The van der Waals surface area contributed by atoms with Gasteiger partial charge in [0.1, 0.15) is 22.7 Å². The van der Waals surface area contributed by atoms with E-state index in [0.717, 1.165) is 0 Å². The first kappa shape index (κ1) is 56.8. The van der Waals surface area contributed by atoms with Gasteiger partial charge in [-0.25, -0.2) is 10.4 Å². The molecule has 0 atom stereocenters. The number of aliphatic hydroxyl groups excluding tert-OH is 1. The number of amidine groups is 2. The van der Waals surface area contributed by atoms with Crippen LogP contribution < -0.4 is 22.3 Å². The molecule has 0 aromatic heterocycles. The summed E-state index contributed by atoms with van der Waals surface area (Å²) in [4.78, 5) is 36.8. The summed E-state index contributed by atoms with van der Waals surface area (Å²) in [6.45, 7) is 29.7. The van der Waals surface area contributed by atoms with E-state index in [1.54, 1.807) is 27.7 Å². The Labute approximate surface area is 308 Å². The molecule has 0 unspecified atom stereocenters. The van der Waals surface area contributed by atoms with Gasteiger partial charge < -0.3 is 27.0 Å². The molecule has 2 amide bonds. The highest BCUT2D eigenvalue weighted by molar-refractivity contribution is 5.88. The molecule has 0 heterocycles. The molecule has 0 fully saturated rings. The summed E-state index contributed by atoms with van der Waals surface area (Å²) in [6.07, 6.45) is 2.13. The fourth-order valence-corrected chi connectivity index (χ4v) is 2.01. The minimum absolute atomic E-state index is 0.0689. The van der Waals surface area contributed by atoms with Gasteiger partial charge in [0.25, 0.3) is 5.91 Å². The minimum atomic E-state index is -1.27. The standard InChI is InChI=1S/C10H20N4O4.C9H18N2O2.C8H18N6.C3H6O2.C2H4/c1-9(2,7(16)11-5-6-15)13-14-10(3,4)8(17)12-18;1-7(2)10-11-9(3,4)6-5-8(12)13;1-7(2,5(9)10)13-14-8(3,4)6(11)12;1-2-3-5-4;1-2/h15,18H,5-6H2,1-4H3,(H,11,16)(H,12,17);7H,5-6H2,1-4H3,(H,12,13);1-4H3,(H3,9,10)(H3,11,12);2,4H,1,3H2;1-2H2. The molecule has 0 saturated carbocycles. The number of carbonyl (C=O) groups excluding carboxylic acids is 2. The van der Waals surface area contributed by atoms with Crippen molar-refractivity contribution < 1.29 is 39.9 Å². The van der Waals surface area contributed by atoms with Gasteiger partial charge in [-0.05, 0) is 89.5 Å². The van der Waals surface area contributed by atoms with E-state index in [1.165, 1.54) is 39.3 Å². The summed E-state index contributed by atoms with van der Waals surface area (Å²) in [5, 5.41) is 73.5. The maximum atomic E-state index is 11.7. The number of azo groups is 3. The van der Waals surface area contributed by atoms with Crippen molar-refractivity contribution in [3.63, 3.8) is 0 Å². The van der Waals surface area contributed by atoms with Crippen LogP contribution >= 0.6 is 0 Å². The van der Waals surface area contributed by atoms with Crippen molar-refractivity contribution >= 4 is 29.5 Å². The number of rotatable bonds is 17. The van der Waals surface area contributed by atoms with Crippen LogP contribution in [0.15, 0.2) is 56.5 Å². The van der Waals surface area contributed by atoms with Gasteiger partial charge >= 0.3 is 5.97 Å². The van der Waals surface area contributed by atoms with Crippen LogP contribution in [0, 0.1) is 10.8 Å². The lowest BCUT2D eigenvalue weighted by atomic mass is 10.0. The van der Waals surface area contributed by atoms with Gasteiger partial charge in [0, 0.05) is 13.0 Å². The van der Waals surface area contributed by atoms with Crippen molar-refractivity contribution in [3.8, 4) is 0 Å². The molecule has 0 aromatic rings. The third-order valence-corrected chi connectivity index (χ3v) is 5.73. The smallest absolute Gasteiger partial charge is 0.303 e. The van der Waals surface area contributed by atoms with Gasteiger partial charge in [0.15, 0.2) is 11.1 Å². The lowest BCUT2D eigenvalue weighted by molar-refractivity contribution is -0.231. The highest BCUT2D eigenvalue weighted by Gasteiger charge is 2.32. The number of nitrogens with one attached hydrogen (secondary N) is 4. The molecule has 0 saturated heterocycles. The molecule has 52 heavy (non-hydrogen) atoms. The van der Waals surface area contributed by atoms with Crippen molar-refractivity contribution in [2.75, 3.05) is 19.8 Å². The number of hydroxylamine groups is 1. The monoisotopic (exact) mass is 747 g/mol. The summed E-state index contributed by atoms with van der Waals surface area (Å²) < 4.78 is 0. The van der Waals surface area contributed by atoms with E-state index in [0.29, 0.717) is 6.42 Å². The Hall–Kier alpha value is -4.53. The molecule has 302 valence electrons. The second kappa shape index (κ2) is 28.1. The number of amides is 2. The van der Waals surface area contributed by atoms with Crippen molar-refractivity contribution in [1.29, 1.82) is 10.8 Å². The van der Waals surface area contributed by atoms with E-state index in [4.69, 9.17) is 43.0 Å². The SMILES string of the molecule is C=C.C=CCOO.CC(C)(N=NC(C)(C)C(=N)N)C(=N)N.CC(C)(N=NC(C)(C)C(=O)NCCO)C(=O)NO.CC(C)N=NC(C)(C)CCC(=O)O. The molecule has 0 rings (SSSR count). The van der Waals surface area contributed by atoms with Gasteiger partial charge in [-0.1, -0.05) is 6.08 Å². The first-order chi connectivity index (χ1) is 23.5. The number of aliphatic hydroxyl groups is 1. The molecular weight excluding hydrogens is 680 g/mol. The van der Waals surface area contributed by atoms with E-state index in [9.17, 15) is 14.4 Å². The number of hydrogen-bond acceptors (Lipinski definition) is 15. The zero-order chi connectivity index (χ0) is 42.6. The Morgan fingerprint density at radius 2 is 1.19 bits per heavy atom. The molecule has 0 bridgehead atoms. The molecule has 0 aliphatic heterocycles. The van der Waals surface area contributed by atoms with Crippen LogP contribution in [0.5, 0.6) is 0 Å². The fourth-order valence-electron chi connectivity index (χ4n) is 2.01. The first-order valence-electron chi connectivity index (χ1n) is 15.9. The molecule has 20 heteroatoms. The van der Waals surface area contributed by atoms with Crippen LogP contribution in [0.1, 0.15) is 95.9 Å². The number of aliphatic carboxylic acids is 1. The molecule has 0 radical (unpaired) electrons. The third kappa shape index (κ3) is 31.5. The predicted molar refractivity (Wildman–Crippen MR) is 201 cm³/mol. The topological polar surface area (TPSA) is 339 Å². The molecule has 0 aliphatic rings. The normalized spacial score (nSPS) is 11.8. The second-order valence-electron chi connectivity index (χ2n) is 13.5. The van der Waals surface area contributed by atoms with E-state index in [1.807, 2.05) is 27.7 Å². The van der Waals surface area contributed by atoms with Crippen LogP contribution in [-0.2, 0) is 19.3 Å². The van der Waals surface area contributed by atoms with Crippen LogP contribution in [0.4, 0.5) is 0 Å². The quantitative estimate of drug-likeness (QED) is 0.0190. The first-order valence-corrected chi connectivity index (χ1v) is 15.9. The van der Waals surface area contributed by atoms with Crippen molar-refractivity contribution in [3.05, 3.63) is 25.8 Å². The van der Waals surface area contributed by atoms with Crippen molar-refractivity contribution in [2.24, 2.45) is 42.2 Å². The third-order valence-electron chi connectivity index (χ3n) is 5.73. The summed E-state index contributed by atoms with van der Waals surface area (Å²) in [6, 6.07) is 0.170. The van der Waals surface area contributed by atoms with Gasteiger partial charge in [-0.15, -0.1) is 19.7 Å². The van der Waals surface area contributed by atoms with Crippen LogP contribution in [-0.4, -0.2) is 104 Å². The van der Waals surface area contributed by atoms with Gasteiger partial charge in [0.05, 0.1) is 24.8 Å². The maximum absolute atomic E-state index is 11.7. The zero-order valence-electron chi connectivity index (χ0n) is 33.1. The van der Waals surface area contributed by atoms with E-state index < -0.39 is 39.9 Å². The predicted octanol–water partition coefficient (Wildman–Crippen LogP) is 4.43. The lowest BCUT2D eigenvalue weighted by Gasteiger charge is -2.21. The molecule has 12 N–H and O–H groups in total. The van der Waals surface area contributed by atoms with Crippen LogP contribution in [0.2, 0.25) is 0 Å². The summed E-state index contributed by atoms with van der Waals surface area (Å²) in [5.74, 6) is -2.06. The summed E-state index contributed by atoms with van der Waals surface area (Å²) in [5.41, 5.74) is 7.64. The van der Waals surface area contributed by atoms with E-state index >= 15 is 0 Å². The Morgan fingerprint density at radius 1 is 0.808 bits per heavy atom. The van der Waals surface area contributed by atoms with E-state index in [2.05, 4.69) is 60.6 Å². The van der Waals surface area contributed by atoms with Crippen LogP contribution in [0.3, 0.4) is 0 Å². The Balaban J connectivity index is -0.000000197. The Morgan fingerprint density at radius 3 is 1.46 bits per heavy atom. The Kier molecular flexibility index (Phi) is 30.7. The van der Waals surface area contributed by atoms with Gasteiger partial charge in [0.2, 0.25) is 5.91 Å². The minimum Gasteiger partial charge on any atom is -0.481 e. The van der Waals surface area contributed by atoms with E-state index in [-0.39, 0.29) is 49.4 Å². The fraction of sp³-hybridized carbons (Fsp3) is 0.719. The average Bonchev–Trinajstić information content (AvgIpc) is 3.05. The highest BCUT2D eigenvalue weighted by atomic mass is 17.1. The molecular formula is C32H66N12O8. The lowest BCUT2D eigenvalue weighted by Crippen LogP contribution is -2.43. The molecule has 0 aliphatic carbocycles. The number of nitrogens with two attached hydrogens (primary N) is 2. The summed E-state index contributed by atoms with van der Waals surface area (Å²) in [7, 11) is 0. The largest absolute Gasteiger partial charge is 0.481 e. The van der Waals surface area contributed by atoms with Crippen LogP contribution in [0.25, 0.3) is 0 Å². The Bertz CT molecular complexity index is 1150. The zero-order valence-corrected chi connectivity index (χ0v) is 33.1. The second-order valence-corrected chi connectivity index (χ2v) is 13.5. The highest BCUT2D eigenvalue weighted by Crippen LogP contribution is 2.18. The maximum Gasteiger partial charge on any atom is 0.303 e. The molecule has 0 aromatic carbocycles. The van der Waals surface area contributed by atoms with Crippen molar-refractivity contribution in [1.82, 2.24) is 10.8 Å². The molecule has 20 nitrogen and oxygen atoms in total. The molecule has 0 spiro atoms. The number of carboxylic acid groups (broad SMARTS) is 1. The average molecular weight is 747 g/mol. The van der Waals surface area contributed by atoms with Gasteiger partial charge in [-0.3, -0.25) is 35.7 Å². The van der Waals surface area contributed by atoms with Crippen molar-refractivity contribution in [2.45, 2.75) is 130 Å².